The summed E-state index contributed by atoms with van der Waals surface area (Å²) in [4.78, 5) is 5.76. The SMILES string of the molecule is Brc1cccc(-c2csc(=Nc3ccccc3)n2Cc2ccco2)c1. The van der Waals surface area contributed by atoms with Gasteiger partial charge < -0.3 is 8.98 Å². The topological polar surface area (TPSA) is 30.4 Å². The van der Waals surface area contributed by atoms with E-state index in [9.17, 15) is 0 Å². The van der Waals surface area contributed by atoms with Crippen LogP contribution in [0.15, 0.2) is 92.3 Å². The molecule has 4 rings (SSSR count). The van der Waals surface area contributed by atoms with Crippen molar-refractivity contribution in [2.24, 2.45) is 4.99 Å². The van der Waals surface area contributed by atoms with Gasteiger partial charge >= 0.3 is 0 Å². The van der Waals surface area contributed by atoms with Gasteiger partial charge in [0.15, 0.2) is 4.80 Å². The summed E-state index contributed by atoms with van der Waals surface area (Å²) in [5.74, 6) is 0.907. The maximum Gasteiger partial charge on any atom is 0.190 e. The largest absolute Gasteiger partial charge is 0.467 e. The Hall–Kier alpha value is -2.37. The van der Waals surface area contributed by atoms with Gasteiger partial charge in [-0.3, -0.25) is 0 Å². The Kier molecular flexibility index (Phi) is 4.68. The summed E-state index contributed by atoms with van der Waals surface area (Å²) < 4.78 is 8.81. The Morgan fingerprint density at radius 1 is 1.00 bits per heavy atom. The molecule has 4 aromatic rings. The van der Waals surface area contributed by atoms with E-state index in [1.54, 1.807) is 17.6 Å². The number of hydrogen-bond donors (Lipinski definition) is 0. The van der Waals surface area contributed by atoms with Crippen LogP contribution < -0.4 is 4.80 Å². The molecule has 124 valence electrons. The van der Waals surface area contributed by atoms with Gasteiger partial charge in [-0.25, -0.2) is 4.99 Å². The molecule has 0 bridgehead atoms. The van der Waals surface area contributed by atoms with Gasteiger partial charge in [0.2, 0.25) is 0 Å². The highest BCUT2D eigenvalue weighted by Gasteiger charge is 2.10. The van der Waals surface area contributed by atoms with Crippen molar-refractivity contribution in [1.29, 1.82) is 0 Å². The molecule has 0 unspecified atom stereocenters. The summed E-state index contributed by atoms with van der Waals surface area (Å²) in [6.45, 7) is 0.643. The molecule has 0 atom stereocenters. The van der Waals surface area contributed by atoms with Crippen molar-refractivity contribution >= 4 is 33.0 Å². The van der Waals surface area contributed by atoms with Crippen molar-refractivity contribution in [2.45, 2.75) is 6.54 Å². The molecule has 25 heavy (non-hydrogen) atoms. The molecule has 2 aromatic heterocycles. The summed E-state index contributed by atoms with van der Waals surface area (Å²) in [5.41, 5.74) is 3.21. The molecule has 5 heteroatoms. The Morgan fingerprint density at radius 3 is 2.64 bits per heavy atom. The normalized spacial score (nSPS) is 11.8. The highest BCUT2D eigenvalue weighted by molar-refractivity contribution is 9.10. The molecular weight excluding hydrogens is 396 g/mol. The van der Waals surface area contributed by atoms with Crippen LogP contribution in [0.2, 0.25) is 0 Å². The lowest BCUT2D eigenvalue weighted by Gasteiger charge is -2.08. The Bertz CT molecular complexity index is 1030. The number of rotatable bonds is 4. The fourth-order valence-corrected chi connectivity index (χ4v) is 3.95. The zero-order valence-electron chi connectivity index (χ0n) is 13.3. The third-order valence-electron chi connectivity index (χ3n) is 3.79. The van der Waals surface area contributed by atoms with E-state index in [1.165, 1.54) is 0 Å². The van der Waals surface area contributed by atoms with Crippen LogP contribution in [0.25, 0.3) is 11.3 Å². The quantitative estimate of drug-likeness (QED) is 0.414. The molecule has 2 heterocycles. The van der Waals surface area contributed by atoms with Gasteiger partial charge in [-0.1, -0.05) is 46.3 Å². The fourth-order valence-electron chi connectivity index (χ4n) is 2.62. The standard InChI is InChI=1S/C20H15BrN2OS/c21-16-7-4-6-15(12-16)19-14-25-20(22-17-8-2-1-3-9-17)23(19)13-18-10-5-11-24-18/h1-12,14H,13H2. The van der Waals surface area contributed by atoms with E-state index in [-0.39, 0.29) is 0 Å². The Morgan fingerprint density at radius 2 is 1.88 bits per heavy atom. The molecule has 0 saturated heterocycles. The van der Waals surface area contributed by atoms with Crippen LogP contribution in [0.5, 0.6) is 0 Å². The van der Waals surface area contributed by atoms with Crippen molar-refractivity contribution in [2.75, 3.05) is 0 Å². The van der Waals surface area contributed by atoms with Gasteiger partial charge in [0.05, 0.1) is 24.2 Å². The molecule has 0 fully saturated rings. The molecule has 0 amide bonds. The highest BCUT2D eigenvalue weighted by Crippen LogP contribution is 2.25. The lowest BCUT2D eigenvalue weighted by atomic mass is 10.2. The van der Waals surface area contributed by atoms with Gasteiger partial charge in [0, 0.05) is 15.4 Å². The summed E-state index contributed by atoms with van der Waals surface area (Å²) in [6.07, 6.45) is 1.70. The van der Waals surface area contributed by atoms with Crippen molar-refractivity contribution in [3.05, 3.63) is 93.4 Å². The van der Waals surface area contributed by atoms with E-state index in [1.807, 2.05) is 54.6 Å². The van der Waals surface area contributed by atoms with Crippen LogP contribution >= 0.6 is 27.3 Å². The summed E-state index contributed by atoms with van der Waals surface area (Å²) in [6, 6.07) is 22.2. The molecule has 0 saturated carbocycles. The third-order valence-corrected chi connectivity index (χ3v) is 5.15. The van der Waals surface area contributed by atoms with Gasteiger partial charge in [0.25, 0.3) is 0 Å². The number of hydrogen-bond acceptors (Lipinski definition) is 3. The summed E-state index contributed by atoms with van der Waals surface area (Å²) in [7, 11) is 0. The van der Waals surface area contributed by atoms with Crippen molar-refractivity contribution in [1.82, 2.24) is 4.57 Å². The molecule has 3 nitrogen and oxygen atoms in total. The van der Waals surface area contributed by atoms with Gasteiger partial charge in [-0.15, -0.1) is 11.3 Å². The molecular formula is C20H15BrN2OS. The third kappa shape index (κ3) is 3.67. The first kappa shape index (κ1) is 16.1. The maximum atomic E-state index is 5.56. The van der Waals surface area contributed by atoms with Crippen LogP contribution in [0.4, 0.5) is 5.69 Å². The van der Waals surface area contributed by atoms with E-state index < -0.39 is 0 Å². The van der Waals surface area contributed by atoms with Crippen molar-refractivity contribution < 1.29 is 4.42 Å². The van der Waals surface area contributed by atoms with Gasteiger partial charge in [0.1, 0.15) is 5.76 Å². The number of nitrogens with zero attached hydrogens (tertiary/aromatic N) is 2. The average molecular weight is 411 g/mol. The second-order valence-corrected chi connectivity index (χ2v) is 7.28. The number of furan rings is 1. The Labute approximate surface area is 158 Å². The first-order valence-electron chi connectivity index (χ1n) is 7.86. The monoisotopic (exact) mass is 410 g/mol. The van der Waals surface area contributed by atoms with Crippen molar-refractivity contribution in [3.63, 3.8) is 0 Å². The minimum atomic E-state index is 0.643. The smallest absolute Gasteiger partial charge is 0.190 e. The van der Waals surface area contributed by atoms with E-state index >= 15 is 0 Å². The van der Waals surface area contributed by atoms with Crippen LogP contribution in [-0.2, 0) is 6.54 Å². The summed E-state index contributed by atoms with van der Waals surface area (Å²) >= 11 is 5.19. The number of para-hydroxylation sites is 1. The fraction of sp³-hybridized carbons (Fsp3) is 0.0500. The molecule has 0 N–H and O–H groups in total. The molecule has 0 spiro atoms. The van der Waals surface area contributed by atoms with E-state index in [4.69, 9.17) is 9.41 Å². The minimum Gasteiger partial charge on any atom is -0.467 e. The van der Waals surface area contributed by atoms with E-state index in [0.29, 0.717) is 6.54 Å². The molecule has 0 aliphatic heterocycles. The summed E-state index contributed by atoms with van der Waals surface area (Å²) in [5, 5.41) is 2.15. The number of thiazole rings is 1. The Balaban J connectivity index is 1.86. The maximum absolute atomic E-state index is 5.56. The predicted octanol–water partition coefficient (Wildman–Crippen LogP) is 5.85. The zero-order valence-corrected chi connectivity index (χ0v) is 15.7. The van der Waals surface area contributed by atoms with Crippen LogP contribution in [0.1, 0.15) is 5.76 Å². The van der Waals surface area contributed by atoms with Crippen LogP contribution in [0.3, 0.4) is 0 Å². The molecule has 0 radical (unpaired) electrons. The predicted molar refractivity (Wildman–Crippen MR) is 105 cm³/mol. The first-order chi connectivity index (χ1) is 12.3. The van der Waals surface area contributed by atoms with E-state index in [2.05, 4.69) is 38.0 Å². The number of aromatic nitrogens is 1. The first-order valence-corrected chi connectivity index (χ1v) is 9.53. The minimum absolute atomic E-state index is 0.643. The lowest BCUT2D eigenvalue weighted by Crippen LogP contribution is -2.16. The van der Waals surface area contributed by atoms with Crippen LogP contribution in [-0.4, -0.2) is 4.57 Å². The van der Waals surface area contributed by atoms with Gasteiger partial charge in [-0.2, -0.15) is 0 Å². The number of halogens is 1. The number of benzene rings is 2. The molecule has 0 aliphatic carbocycles. The van der Waals surface area contributed by atoms with Crippen molar-refractivity contribution in [3.8, 4) is 11.3 Å². The molecule has 0 aliphatic rings. The molecule has 2 aromatic carbocycles. The van der Waals surface area contributed by atoms with Crippen LogP contribution in [0, 0.1) is 0 Å². The highest BCUT2D eigenvalue weighted by atomic mass is 79.9. The second-order valence-electron chi connectivity index (χ2n) is 5.53. The zero-order chi connectivity index (χ0) is 17.1. The average Bonchev–Trinajstić information content (AvgIpc) is 3.27. The second kappa shape index (κ2) is 7.25. The van der Waals surface area contributed by atoms with Gasteiger partial charge in [-0.05, 0) is 36.4 Å². The van der Waals surface area contributed by atoms with E-state index in [0.717, 1.165) is 32.0 Å². The lowest BCUT2D eigenvalue weighted by molar-refractivity contribution is 0.492.